The molecule has 1 aromatic rings. The SMILES string of the molecule is Nc1cc(F)cc(Br)c1OCCCO. The highest BCUT2D eigenvalue weighted by atomic mass is 79.9. The maximum absolute atomic E-state index is 12.8. The number of aliphatic hydroxyl groups excluding tert-OH is 1. The molecule has 14 heavy (non-hydrogen) atoms. The van der Waals surface area contributed by atoms with E-state index < -0.39 is 5.82 Å². The van der Waals surface area contributed by atoms with E-state index in [2.05, 4.69) is 15.9 Å². The standard InChI is InChI=1S/C9H11BrFNO2/c10-7-4-6(11)5-8(12)9(7)14-3-1-2-13/h4-5,13H,1-3,12H2. The van der Waals surface area contributed by atoms with Gasteiger partial charge in [-0.15, -0.1) is 0 Å². The zero-order valence-corrected chi connectivity index (χ0v) is 9.05. The Balaban J connectivity index is 2.75. The van der Waals surface area contributed by atoms with Gasteiger partial charge in [-0.2, -0.15) is 0 Å². The third-order valence-corrected chi connectivity index (χ3v) is 2.17. The molecule has 0 unspecified atom stereocenters. The summed E-state index contributed by atoms with van der Waals surface area (Å²) in [6, 6.07) is 2.48. The average molecular weight is 264 g/mol. The van der Waals surface area contributed by atoms with Crippen molar-refractivity contribution in [2.45, 2.75) is 6.42 Å². The minimum absolute atomic E-state index is 0.0543. The number of hydrogen-bond donors (Lipinski definition) is 2. The number of benzene rings is 1. The Morgan fingerprint density at radius 2 is 2.21 bits per heavy atom. The van der Waals surface area contributed by atoms with Crippen LogP contribution in [-0.2, 0) is 0 Å². The van der Waals surface area contributed by atoms with Crippen LogP contribution in [0.3, 0.4) is 0 Å². The molecule has 0 aromatic heterocycles. The van der Waals surface area contributed by atoms with Gasteiger partial charge in [-0.05, 0) is 22.0 Å². The summed E-state index contributed by atoms with van der Waals surface area (Å²) in [4.78, 5) is 0. The molecule has 0 heterocycles. The maximum atomic E-state index is 12.8. The molecule has 0 saturated heterocycles. The molecule has 0 saturated carbocycles. The van der Waals surface area contributed by atoms with Crippen molar-refractivity contribution in [2.24, 2.45) is 0 Å². The molecule has 78 valence electrons. The first-order chi connectivity index (χ1) is 6.65. The molecule has 1 aromatic carbocycles. The quantitative estimate of drug-likeness (QED) is 0.645. The lowest BCUT2D eigenvalue weighted by molar-refractivity contribution is 0.233. The third kappa shape index (κ3) is 2.85. The molecule has 0 atom stereocenters. The van der Waals surface area contributed by atoms with E-state index in [0.717, 1.165) is 0 Å². The largest absolute Gasteiger partial charge is 0.490 e. The van der Waals surface area contributed by atoms with Gasteiger partial charge in [-0.1, -0.05) is 0 Å². The smallest absolute Gasteiger partial charge is 0.156 e. The van der Waals surface area contributed by atoms with E-state index in [4.69, 9.17) is 15.6 Å². The second-order valence-electron chi connectivity index (χ2n) is 2.73. The van der Waals surface area contributed by atoms with Crippen molar-refractivity contribution in [1.29, 1.82) is 0 Å². The van der Waals surface area contributed by atoms with Gasteiger partial charge in [0.25, 0.3) is 0 Å². The molecule has 3 N–H and O–H groups in total. The number of halogens is 2. The summed E-state index contributed by atoms with van der Waals surface area (Å²) < 4.78 is 18.5. The van der Waals surface area contributed by atoms with Gasteiger partial charge in [0.1, 0.15) is 5.82 Å². The minimum atomic E-state index is -0.413. The molecule has 0 aliphatic heterocycles. The fourth-order valence-electron chi connectivity index (χ4n) is 0.971. The number of rotatable bonds is 4. The molecule has 0 bridgehead atoms. The van der Waals surface area contributed by atoms with Crippen LogP contribution in [0.15, 0.2) is 16.6 Å². The van der Waals surface area contributed by atoms with Gasteiger partial charge in [0.15, 0.2) is 5.75 Å². The number of anilines is 1. The first-order valence-corrected chi connectivity index (χ1v) is 4.92. The molecule has 0 aliphatic carbocycles. The Bertz CT molecular complexity index is 297. The Morgan fingerprint density at radius 3 is 2.79 bits per heavy atom. The second-order valence-corrected chi connectivity index (χ2v) is 3.59. The average Bonchev–Trinajstić information content (AvgIpc) is 2.09. The Labute approximate surface area is 89.8 Å². The van der Waals surface area contributed by atoms with Crippen molar-refractivity contribution in [3.05, 3.63) is 22.4 Å². The first kappa shape index (κ1) is 11.3. The van der Waals surface area contributed by atoms with E-state index in [-0.39, 0.29) is 12.3 Å². The van der Waals surface area contributed by atoms with Crippen LogP contribution in [-0.4, -0.2) is 18.3 Å². The topological polar surface area (TPSA) is 55.5 Å². The monoisotopic (exact) mass is 263 g/mol. The number of nitrogens with two attached hydrogens (primary N) is 1. The minimum Gasteiger partial charge on any atom is -0.490 e. The van der Waals surface area contributed by atoms with Crippen LogP contribution >= 0.6 is 15.9 Å². The zero-order valence-electron chi connectivity index (χ0n) is 7.46. The van der Waals surface area contributed by atoms with Crippen molar-refractivity contribution in [1.82, 2.24) is 0 Å². The highest BCUT2D eigenvalue weighted by Gasteiger charge is 2.07. The third-order valence-electron chi connectivity index (χ3n) is 1.59. The Hall–Kier alpha value is -0.810. The summed E-state index contributed by atoms with van der Waals surface area (Å²) in [7, 11) is 0. The highest BCUT2D eigenvalue weighted by molar-refractivity contribution is 9.10. The zero-order chi connectivity index (χ0) is 10.6. The van der Waals surface area contributed by atoms with E-state index >= 15 is 0 Å². The Kier molecular flexibility index (Phi) is 4.16. The van der Waals surface area contributed by atoms with Gasteiger partial charge in [-0.25, -0.2) is 4.39 Å². The van der Waals surface area contributed by atoms with Crippen molar-refractivity contribution < 1.29 is 14.2 Å². The van der Waals surface area contributed by atoms with Crippen LogP contribution < -0.4 is 10.5 Å². The summed E-state index contributed by atoms with van der Waals surface area (Å²) in [6.07, 6.45) is 0.517. The van der Waals surface area contributed by atoms with E-state index in [1.54, 1.807) is 0 Å². The van der Waals surface area contributed by atoms with Crippen LogP contribution in [0.5, 0.6) is 5.75 Å². The normalized spacial score (nSPS) is 10.2. The molecular formula is C9H11BrFNO2. The van der Waals surface area contributed by atoms with Gasteiger partial charge in [0, 0.05) is 19.1 Å². The molecular weight excluding hydrogens is 253 g/mol. The van der Waals surface area contributed by atoms with E-state index in [1.807, 2.05) is 0 Å². The van der Waals surface area contributed by atoms with Crippen molar-refractivity contribution in [3.63, 3.8) is 0 Å². The predicted octanol–water partition coefficient (Wildman–Crippen LogP) is 1.93. The van der Waals surface area contributed by atoms with Crippen molar-refractivity contribution in [2.75, 3.05) is 18.9 Å². The number of hydrogen-bond acceptors (Lipinski definition) is 3. The lowest BCUT2D eigenvalue weighted by Crippen LogP contribution is -2.03. The van der Waals surface area contributed by atoms with Crippen LogP contribution in [0, 0.1) is 5.82 Å². The van der Waals surface area contributed by atoms with Gasteiger partial charge >= 0.3 is 0 Å². The first-order valence-electron chi connectivity index (χ1n) is 4.13. The number of nitrogen functional groups attached to an aromatic ring is 1. The van der Waals surface area contributed by atoms with E-state index in [0.29, 0.717) is 23.2 Å². The van der Waals surface area contributed by atoms with Crippen molar-refractivity contribution in [3.8, 4) is 5.75 Å². The summed E-state index contributed by atoms with van der Waals surface area (Å²) in [6.45, 7) is 0.406. The molecule has 0 radical (unpaired) electrons. The molecule has 5 heteroatoms. The molecule has 0 fully saturated rings. The van der Waals surface area contributed by atoms with Crippen molar-refractivity contribution >= 4 is 21.6 Å². The summed E-state index contributed by atoms with van der Waals surface area (Å²) in [5, 5.41) is 8.54. The summed E-state index contributed by atoms with van der Waals surface area (Å²) in [5.74, 6) is 0.00346. The molecule has 1 rings (SSSR count). The fraction of sp³-hybridized carbons (Fsp3) is 0.333. The highest BCUT2D eigenvalue weighted by Crippen LogP contribution is 2.32. The van der Waals surface area contributed by atoms with Gasteiger partial charge in [-0.3, -0.25) is 0 Å². The van der Waals surface area contributed by atoms with E-state index in [9.17, 15) is 4.39 Å². The maximum Gasteiger partial charge on any atom is 0.156 e. The molecule has 0 amide bonds. The lowest BCUT2D eigenvalue weighted by Gasteiger charge is -2.10. The van der Waals surface area contributed by atoms with Crippen LogP contribution in [0.2, 0.25) is 0 Å². The Morgan fingerprint density at radius 1 is 1.50 bits per heavy atom. The summed E-state index contributed by atoms with van der Waals surface area (Å²) >= 11 is 3.14. The fourth-order valence-corrected chi connectivity index (χ4v) is 1.53. The summed E-state index contributed by atoms with van der Waals surface area (Å²) in [5.41, 5.74) is 5.79. The second kappa shape index (κ2) is 5.17. The van der Waals surface area contributed by atoms with Crippen LogP contribution in [0.25, 0.3) is 0 Å². The van der Waals surface area contributed by atoms with Crippen LogP contribution in [0.4, 0.5) is 10.1 Å². The lowest BCUT2D eigenvalue weighted by atomic mass is 10.3. The molecule has 0 spiro atoms. The predicted molar refractivity (Wildman–Crippen MR) is 55.7 cm³/mol. The molecule has 0 aliphatic rings. The van der Waals surface area contributed by atoms with Gasteiger partial charge < -0.3 is 15.6 Å². The van der Waals surface area contributed by atoms with E-state index in [1.165, 1.54) is 12.1 Å². The van der Waals surface area contributed by atoms with Crippen LogP contribution in [0.1, 0.15) is 6.42 Å². The molecule has 3 nitrogen and oxygen atoms in total. The number of ether oxygens (including phenoxy) is 1. The number of aliphatic hydroxyl groups is 1. The van der Waals surface area contributed by atoms with Gasteiger partial charge in [0.05, 0.1) is 16.8 Å². The van der Waals surface area contributed by atoms with Gasteiger partial charge in [0.2, 0.25) is 0 Å².